The van der Waals surface area contributed by atoms with E-state index in [1.807, 2.05) is 25.2 Å². The van der Waals surface area contributed by atoms with Gasteiger partial charge in [-0.25, -0.2) is 0 Å². The summed E-state index contributed by atoms with van der Waals surface area (Å²) in [6, 6.07) is 5.79. The number of hydrogen-bond acceptors (Lipinski definition) is 2. The van der Waals surface area contributed by atoms with Gasteiger partial charge in [-0.15, -0.1) is 0 Å². The van der Waals surface area contributed by atoms with Crippen LogP contribution in [0.5, 0.6) is 5.75 Å². The molecule has 1 fully saturated rings. The van der Waals surface area contributed by atoms with Crippen LogP contribution < -0.4 is 10.1 Å². The van der Waals surface area contributed by atoms with Crippen molar-refractivity contribution in [1.82, 2.24) is 5.32 Å². The largest absolute Gasteiger partial charge is 0.493 e. The lowest BCUT2D eigenvalue weighted by Gasteiger charge is -2.11. The van der Waals surface area contributed by atoms with Crippen molar-refractivity contribution in [2.24, 2.45) is 5.92 Å². The number of nitrogens with one attached hydrogen (secondary N) is 1. The Morgan fingerprint density at radius 2 is 2.27 bits per heavy atom. The minimum Gasteiger partial charge on any atom is -0.493 e. The lowest BCUT2D eigenvalue weighted by molar-refractivity contribution is 0.296. The highest BCUT2D eigenvalue weighted by molar-refractivity contribution is 6.30. The second-order valence-electron chi connectivity index (χ2n) is 4.04. The summed E-state index contributed by atoms with van der Waals surface area (Å²) in [5.41, 5.74) is 1.13. The molecule has 1 N–H and O–H groups in total. The molecule has 0 saturated heterocycles. The summed E-state index contributed by atoms with van der Waals surface area (Å²) in [7, 11) is 1.92. The highest BCUT2D eigenvalue weighted by Gasteiger charge is 2.22. The molecule has 2 nitrogen and oxygen atoms in total. The Bertz CT molecular complexity index is 336. The van der Waals surface area contributed by atoms with Crippen LogP contribution in [0, 0.1) is 5.92 Å². The summed E-state index contributed by atoms with van der Waals surface area (Å²) in [6.07, 6.45) is 2.63. The predicted molar refractivity (Wildman–Crippen MR) is 62.4 cm³/mol. The Balaban J connectivity index is 2.04. The maximum atomic E-state index is 5.94. The zero-order valence-electron chi connectivity index (χ0n) is 8.92. The van der Waals surface area contributed by atoms with E-state index < -0.39 is 0 Å². The molecule has 0 aliphatic heterocycles. The molecule has 1 aliphatic rings. The van der Waals surface area contributed by atoms with Crippen LogP contribution in [0.4, 0.5) is 0 Å². The van der Waals surface area contributed by atoms with Crippen molar-refractivity contribution in [3.8, 4) is 5.75 Å². The smallest absolute Gasteiger partial charge is 0.123 e. The van der Waals surface area contributed by atoms with Crippen molar-refractivity contribution in [1.29, 1.82) is 0 Å². The Kier molecular flexibility index (Phi) is 3.49. The van der Waals surface area contributed by atoms with Gasteiger partial charge in [0.1, 0.15) is 5.75 Å². The zero-order chi connectivity index (χ0) is 10.7. The van der Waals surface area contributed by atoms with Crippen molar-refractivity contribution in [3.63, 3.8) is 0 Å². The van der Waals surface area contributed by atoms with Gasteiger partial charge in [-0.2, -0.15) is 0 Å². The molecule has 0 amide bonds. The topological polar surface area (TPSA) is 21.3 Å². The molecule has 0 bridgehead atoms. The number of hydrogen-bond donors (Lipinski definition) is 1. The van der Waals surface area contributed by atoms with Crippen LogP contribution in [0.3, 0.4) is 0 Å². The van der Waals surface area contributed by atoms with Crippen LogP contribution in [-0.2, 0) is 6.54 Å². The second kappa shape index (κ2) is 4.86. The monoisotopic (exact) mass is 225 g/mol. The minimum atomic E-state index is 0.763. The van der Waals surface area contributed by atoms with Crippen molar-refractivity contribution < 1.29 is 4.74 Å². The number of rotatable bonds is 5. The van der Waals surface area contributed by atoms with Gasteiger partial charge in [0.05, 0.1) is 6.61 Å². The molecule has 82 valence electrons. The lowest BCUT2D eigenvalue weighted by Crippen LogP contribution is -2.08. The fraction of sp³-hybridized carbons (Fsp3) is 0.500. The Hall–Kier alpha value is -0.730. The average Bonchev–Trinajstić information content (AvgIpc) is 3.01. The first kappa shape index (κ1) is 10.8. The van der Waals surface area contributed by atoms with Gasteiger partial charge in [-0.1, -0.05) is 11.6 Å². The van der Waals surface area contributed by atoms with E-state index in [0.29, 0.717) is 0 Å². The fourth-order valence-electron chi connectivity index (χ4n) is 1.51. The first-order valence-electron chi connectivity index (χ1n) is 5.35. The average molecular weight is 226 g/mol. The molecule has 0 heterocycles. The normalized spacial score (nSPS) is 15.3. The molecule has 0 unspecified atom stereocenters. The van der Waals surface area contributed by atoms with Gasteiger partial charge in [0, 0.05) is 17.1 Å². The summed E-state index contributed by atoms with van der Waals surface area (Å²) < 4.78 is 5.77. The van der Waals surface area contributed by atoms with Gasteiger partial charge in [0.25, 0.3) is 0 Å². The predicted octanol–water partition coefficient (Wildman–Crippen LogP) is 2.85. The van der Waals surface area contributed by atoms with Gasteiger partial charge in [-0.05, 0) is 44.0 Å². The Morgan fingerprint density at radius 1 is 1.47 bits per heavy atom. The lowest BCUT2D eigenvalue weighted by atomic mass is 10.2. The van der Waals surface area contributed by atoms with Gasteiger partial charge in [0.2, 0.25) is 0 Å². The Labute approximate surface area is 95.6 Å². The molecule has 1 aromatic rings. The summed E-state index contributed by atoms with van der Waals surface area (Å²) in [5.74, 6) is 1.74. The number of halogens is 1. The molecule has 1 aromatic carbocycles. The highest BCUT2D eigenvalue weighted by Crippen LogP contribution is 2.31. The van der Waals surface area contributed by atoms with E-state index in [4.69, 9.17) is 16.3 Å². The number of benzene rings is 1. The molecule has 1 saturated carbocycles. The van der Waals surface area contributed by atoms with Crippen molar-refractivity contribution in [2.45, 2.75) is 19.4 Å². The van der Waals surface area contributed by atoms with Gasteiger partial charge in [0.15, 0.2) is 0 Å². The molecular weight excluding hydrogens is 210 g/mol. The van der Waals surface area contributed by atoms with E-state index in [0.717, 1.165) is 35.4 Å². The van der Waals surface area contributed by atoms with Crippen LogP contribution in [0.1, 0.15) is 18.4 Å². The van der Waals surface area contributed by atoms with Crippen LogP contribution >= 0.6 is 11.6 Å². The van der Waals surface area contributed by atoms with Crippen molar-refractivity contribution in [3.05, 3.63) is 28.8 Å². The molecular formula is C12H16ClNO. The van der Waals surface area contributed by atoms with E-state index in [9.17, 15) is 0 Å². The zero-order valence-corrected chi connectivity index (χ0v) is 9.68. The summed E-state index contributed by atoms with van der Waals surface area (Å²) >= 11 is 5.94. The SMILES string of the molecule is CNCc1cc(Cl)ccc1OCC1CC1. The summed E-state index contributed by atoms with van der Waals surface area (Å²) in [6.45, 7) is 1.64. The van der Waals surface area contributed by atoms with E-state index in [-0.39, 0.29) is 0 Å². The molecule has 0 spiro atoms. The summed E-state index contributed by atoms with van der Waals surface area (Å²) in [5, 5.41) is 3.88. The maximum Gasteiger partial charge on any atom is 0.123 e. The van der Waals surface area contributed by atoms with E-state index in [1.54, 1.807) is 0 Å². The minimum absolute atomic E-state index is 0.763. The van der Waals surface area contributed by atoms with Crippen LogP contribution in [0.25, 0.3) is 0 Å². The van der Waals surface area contributed by atoms with Crippen LogP contribution in [-0.4, -0.2) is 13.7 Å². The third kappa shape index (κ3) is 3.11. The van der Waals surface area contributed by atoms with E-state index >= 15 is 0 Å². The molecule has 2 rings (SSSR count). The standard InChI is InChI=1S/C12H16ClNO/c1-14-7-10-6-11(13)4-5-12(10)15-8-9-2-3-9/h4-6,9,14H,2-3,7-8H2,1H3. The van der Waals surface area contributed by atoms with Crippen molar-refractivity contribution >= 4 is 11.6 Å². The van der Waals surface area contributed by atoms with Gasteiger partial charge in [-0.3, -0.25) is 0 Å². The maximum absolute atomic E-state index is 5.94. The van der Waals surface area contributed by atoms with Gasteiger partial charge >= 0.3 is 0 Å². The number of ether oxygens (including phenoxy) is 1. The third-order valence-electron chi connectivity index (χ3n) is 2.56. The molecule has 3 heteroatoms. The van der Waals surface area contributed by atoms with E-state index in [1.165, 1.54) is 12.8 Å². The van der Waals surface area contributed by atoms with E-state index in [2.05, 4.69) is 5.32 Å². The van der Waals surface area contributed by atoms with Crippen molar-refractivity contribution in [2.75, 3.05) is 13.7 Å². The second-order valence-corrected chi connectivity index (χ2v) is 4.47. The fourth-order valence-corrected chi connectivity index (χ4v) is 1.70. The molecule has 15 heavy (non-hydrogen) atoms. The third-order valence-corrected chi connectivity index (χ3v) is 2.80. The van der Waals surface area contributed by atoms with Gasteiger partial charge < -0.3 is 10.1 Å². The highest BCUT2D eigenvalue weighted by atomic mass is 35.5. The first-order chi connectivity index (χ1) is 7.29. The molecule has 0 radical (unpaired) electrons. The van der Waals surface area contributed by atoms with Crippen LogP contribution in [0.15, 0.2) is 18.2 Å². The summed E-state index contributed by atoms with van der Waals surface area (Å²) in [4.78, 5) is 0. The molecule has 0 atom stereocenters. The Morgan fingerprint density at radius 3 is 2.93 bits per heavy atom. The van der Waals surface area contributed by atoms with Crippen LogP contribution in [0.2, 0.25) is 5.02 Å². The first-order valence-corrected chi connectivity index (χ1v) is 5.73. The molecule has 0 aromatic heterocycles. The molecule has 1 aliphatic carbocycles. The quantitative estimate of drug-likeness (QED) is 0.832.